The molecule has 0 radical (unpaired) electrons. The van der Waals surface area contributed by atoms with Gasteiger partial charge in [-0.3, -0.25) is 4.90 Å². The van der Waals surface area contributed by atoms with Crippen LogP contribution in [0.5, 0.6) is 0 Å². The van der Waals surface area contributed by atoms with Gasteiger partial charge in [0, 0.05) is 48.8 Å². The lowest BCUT2D eigenvalue weighted by atomic mass is 9.50. The number of thiazole rings is 1. The minimum atomic E-state index is -0.304. The van der Waals surface area contributed by atoms with Gasteiger partial charge in [0.05, 0.1) is 22.5 Å². The molecule has 6 heteroatoms. The Morgan fingerprint density at radius 3 is 2.55 bits per heavy atom. The normalized spacial score (nSPS) is 38.9. The molecule has 2 unspecified atom stereocenters. The molecule has 156 valence electrons. The van der Waals surface area contributed by atoms with Crippen LogP contribution in [0.1, 0.15) is 60.7 Å². The summed E-state index contributed by atoms with van der Waals surface area (Å²) in [4.78, 5) is 7.53. The molecule has 7 rings (SSSR count). The predicted octanol–water partition coefficient (Wildman–Crippen LogP) is 3.94. The second kappa shape index (κ2) is 6.89. The molecule has 4 saturated carbocycles. The van der Waals surface area contributed by atoms with Gasteiger partial charge in [0.15, 0.2) is 0 Å². The largest absolute Gasteiger partial charge is 0.391 e. The first kappa shape index (κ1) is 18.5. The smallest absolute Gasteiger partial charge is 0.137 e. The van der Waals surface area contributed by atoms with Crippen molar-refractivity contribution in [1.82, 2.24) is 15.0 Å². The lowest BCUT2D eigenvalue weighted by molar-refractivity contribution is -0.00537. The Bertz CT molecular complexity index is 855. The van der Waals surface area contributed by atoms with Crippen LogP contribution in [-0.2, 0) is 18.4 Å². The lowest BCUT2D eigenvalue weighted by Gasteiger charge is -2.56. The molecular formula is C23H31N3O2S. The molecule has 0 spiro atoms. The van der Waals surface area contributed by atoms with Crippen molar-refractivity contribution in [3.63, 3.8) is 0 Å². The highest BCUT2D eigenvalue weighted by molar-refractivity contribution is 7.09. The van der Waals surface area contributed by atoms with E-state index in [4.69, 9.17) is 9.51 Å². The van der Waals surface area contributed by atoms with Gasteiger partial charge in [-0.2, -0.15) is 0 Å². The van der Waals surface area contributed by atoms with Crippen molar-refractivity contribution in [2.24, 2.45) is 23.7 Å². The number of β-amino-alcohol motifs (C(OH)–C–C–N with tert-alkyl or cyclic N) is 1. The minimum Gasteiger partial charge on any atom is -0.391 e. The molecule has 2 atom stereocenters. The van der Waals surface area contributed by atoms with Crippen molar-refractivity contribution >= 4 is 11.3 Å². The van der Waals surface area contributed by atoms with Crippen LogP contribution in [0.4, 0.5) is 0 Å². The number of hydrogen-bond acceptors (Lipinski definition) is 6. The lowest BCUT2D eigenvalue weighted by Crippen LogP contribution is -2.48. The Morgan fingerprint density at radius 1 is 1.17 bits per heavy atom. The molecule has 0 aromatic carbocycles. The molecule has 3 heterocycles. The molecule has 0 amide bonds. The highest BCUT2D eigenvalue weighted by Gasteiger charge is 2.53. The summed E-state index contributed by atoms with van der Waals surface area (Å²) in [7, 11) is 0. The summed E-state index contributed by atoms with van der Waals surface area (Å²) in [6.07, 6.45) is 9.04. The molecule has 4 aliphatic carbocycles. The number of aliphatic hydroxyl groups excluding tert-OH is 1. The monoisotopic (exact) mass is 413 g/mol. The maximum atomic E-state index is 10.5. The Kier molecular flexibility index (Phi) is 4.40. The quantitative estimate of drug-likeness (QED) is 0.804. The third-order valence-corrected chi connectivity index (χ3v) is 9.19. The summed E-state index contributed by atoms with van der Waals surface area (Å²) in [5.41, 5.74) is 2.50. The summed E-state index contributed by atoms with van der Waals surface area (Å²) in [5, 5.41) is 18.2. The molecule has 1 saturated heterocycles. The van der Waals surface area contributed by atoms with Gasteiger partial charge in [-0.05, 0) is 63.2 Å². The molecule has 5 aliphatic rings. The van der Waals surface area contributed by atoms with Gasteiger partial charge in [0.1, 0.15) is 5.76 Å². The van der Waals surface area contributed by atoms with Crippen LogP contribution in [-0.4, -0.2) is 39.3 Å². The highest BCUT2D eigenvalue weighted by atomic mass is 32.1. The zero-order valence-electron chi connectivity index (χ0n) is 17.2. The van der Waals surface area contributed by atoms with Gasteiger partial charge >= 0.3 is 0 Å². The van der Waals surface area contributed by atoms with Crippen LogP contribution in [0.3, 0.4) is 0 Å². The molecule has 4 bridgehead atoms. The second-order valence-electron chi connectivity index (χ2n) is 10.5. The summed E-state index contributed by atoms with van der Waals surface area (Å²) >= 11 is 1.90. The van der Waals surface area contributed by atoms with Crippen molar-refractivity contribution < 1.29 is 9.63 Å². The summed E-state index contributed by atoms with van der Waals surface area (Å²) < 4.78 is 5.36. The van der Waals surface area contributed by atoms with E-state index in [2.05, 4.69) is 15.4 Å². The Hall–Kier alpha value is -1.24. The molecule has 5 nitrogen and oxygen atoms in total. The topological polar surface area (TPSA) is 62.4 Å². The Labute approximate surface area is 176 Å². The Morgan fingerprint density at radius 2 is 1.90 bits per heavy atom. The average molecular weight is 414 g/mol. The second-order valence-corrected chi connectivity index (χ2v) is 11.4. The van der Waals surface area contributed by atoms with Crippen LogP contribution in [0.2, 0.25) is 0 Å². The van der Waals surface area contributed by atoms with Gasteiger partial charge < -0.3 is 9.63 Å². The molecule has 2 aromatic heterocycles. The summed E-state index contributed by atoms with van der Waals surface area (Å²) in [6.45, 7) is 4.41. The van der Waals surface area contributed by atoms with Crippen LogP contribution < -0.4 is 0 Å². The van der Waals surface area contributed by atoms with Crippen LogP contribution in [0.15, 0.2) is 16.0 Å². The third kappa shape index (κ3) is 3.37. The fourth-order valence-electron chi connectivity index (χ4n) is 7.27. The van der Waals surface area contributed by atoms with E-state index in [1.54, 1.807) is 0 Å². The van der Waals surface area contributed by atoms with Crippen molar-refractivity contribution in [3.05, 3.63) is 33.6 Å². The van der Waals surface area contributed by atoms with Gasteiger partial charge in [-0.1, -0.05) is 5.16 Å². The van der Waals surface area contributed by atoms with Crippen molar-refractivity contribution in [1.29, 1.82) is 0 Å². The van der Waals surface area contributed by atoms with Crippen LogP contribution in [0.25, 0.3) is 0 Å². The highest BCUT2D eigenvalue weighted by Crippen LogP contribution is 2.61. The van der Waals surface area contributed by atoms with Crippen LogP contribution in [0, 0.1) is 30.6 Å². The average Bonchev–Trinajstić information content (AvgIpc) is 3.36. The maximum Gasteiger partial charge on any atom is 0.137 e. The van der Waals surface area contributed by atoms with Crippen molar-refractivity contribution in [3.8, 4) is 0 Å². The minimum absolute atomic E-state index is 0.212. The standard InChI is InChI=1S/C23H31N3O2S/c1-14-2-20(28-25-14)6-18-10-26(12-21(18)27)11-19-13-29-22(24-19)23-7-15-3-16(8-23)5-17(4-15)9-23/h2,13,15-18,21,27H,3-12H2,1H3. The SMILES string of the molecule is Cc1cc(CC2CN(Cc3csc(C45CC6CC(CC(C6)C4)C5)n3)CC2O)on1. The molecule has 1 N–H and O–H groups in total. The summed E-state index contributed by atoms with van der Waals surface area (Å²) in [6, 6.07) is 1.98. The fourth-order valence-corrected chi connectivity index (χ4v) is 8.31. The van der Waals surface area contributed by atoms with Gasteiger partial charge in [0.2, 0.25) is 0 Å². The van der Waals surface area contributed by atoms with E-state index in [9.17, 15) is 5.11 Å². The number of rotatable bonds is 5. The molecule has 29 heavy (non-hydrogen) atoms. The van der Waals surface area contributed by atoms with Gasteiger partial charge in [-0.15, -0.1) is 11.3 Å². The maximum absolute atomic E-state index is 10.5. The number of nitrogens with zero attached hydrogens (tertiary/aromatic N) is 3. The van der Waals surface area contributed by atoms with Crippen molar-refractivity contribution in [2.75, 3.05) is 13.1 Å². The zero-order valence-corrected chi connectivity index (χ0v) is 18.0. The molecular weight excluding hydrogens is 382 g/mol. The van der Waals surface area contributed by atoms with E-state index in [1.165, 1.54) is 49.2 Å². The van der Waals surface area contributed by atoms with E-state index in [1.807, 2.05) is 24.3 Å². The Balaban J connectivity index is 1.12. The number of aryl methyl sites for hydroxylation is 1. The zero-order chi connectivity index (χ0) is 19.6. The van der Waals surface area contributed by atoms with Crippen LogP contribution >= 0.6 is 11.3 Å². The first-order chi connectivity index (χ1) is 14.0. The third-order valence-electron chi connectivity index (χ3n) is 8.05. The fraction of sp³-hybridized carbons (Fsp3) is 0.739. The predicted molar refractivity (Wildman–Crippen MR) is 112 cm³/mol. The summed E-state index contributed by atoms with van der Waals surface area (Å²) in [5.74, 6) is 3.98. The number of aromatic nitrogens is 2. The van der Waals surface area contributed by atoms with Gasteiger partial charge in [0.25, 0.3) is 0 Å². The van der Waals surface area contributed by atoms with E-state index >= 15 is 0 Å². The number of likely N-dealkylation sites (tertiary alicyclic amines) is 1. The van der Waals surface area contributed by atoms with Gasteiger partial charge in [-0.25, -0.2) is 4.98 Å². The van der Waals surface area contributed by atoms with Crippen molar-refractivity contribution in [2.45, 2.75) is 69.9 Å². The molecule has 5 fully saturated rings. The molecule has 2 aromatic rings. The van der Waals surface area contributed by atoms with E-state index < -0.39 is 0 Å². The van der Waals surface area contributed by atoms with E-state index in [0.29, 0.717) is 5.41 Å². The number of aliphatic hydroxyl groups is 1. The number of hydrogen-bond donors (Lipinski definition) is 1. The molecule has 1 aliphatic heterocycles. The van der Waals surface area contributed by atoms with E-state index in [0.717, 1.165) is 55.3 Å². The van der Waals surface area contributed by atoms with E-state index in [-0.39, 0.29) is 12.0 Å². The first-order valence-corrected chi connectivity index (χ1v) is 12.2. The first-order valence-electron chi connectivity index (χ1n) is 11.3.